The Balaban J connectivity index is 1.49. The molecule has 4 saturated heterocycles. The maximum Gasteiger partial charge on any atom is 0.187 e. The van der Waals surface area contributed by atoms with Crippen LogP contribution in [-0.2, 0) is 47.4 Å². The quantitative estimate of drug-likeness (QED) is 0.0846. The highest BCUT2D eigenvalue weighted by atomic mass is 16.8. The van der Waals surface area contributed by atoms with Crippen molar-refractivity contribution in [3.05, 3.63) is 0 Å². The highest BCUT2D eigenvalue weighted by molar-refractivity contribution is 4.97. The van der Waals surface area contributed by atoms with Crippen molar-refractivity contribution in [1.82, 2.24) is 0 Å². The topological polar surface area (TPSA) is 315 Å². The minimum absolute atomic E-state index is 0.534. The highest BCUT2D eigenvalue weighted by Crippen LogP contribution is 2.33. The molecule has 20 atom stereocenters. The molecule has 0 saturated carbocycles. The molecule has 4 heterocycles. The fraction of sp³-hybridized carbons (Fsp3) is 1.00. The van der Waals surface area contributed by atoms with Crippen LogP contribution >= 0.6 is 0 Å². The Hall–Kier alpha value is -0.840. The van der Waals surface area contributed by atoms with Gasteiger partial charge in [0, 0.05) is 21.3 Å². The van der Waals surface area contributed by atoms with Crippen LogP contribution in [0.3, 0.4) is 0 Å². The third kappa shape index (κ3) is 8.12. The van der Waals surface area contributed by atoms with Gasteiger partial charge in [-0.3, -0.25) is 0 Å². The summed E-state index contributed by atoms with van der Waals surface area (Å²) in [5, 5.41) is 115. The molecule has 0 bridgehead atoms. The first kappa shape index (κ1) is 39.9. The van der Waals surface area contributed by atoms with E-state index in [0.717, 1.165) is 0 Å². The van der Waals surface area contributed by atoms with E-state index in [1.165, 1.54) is 21.3 Å². The molecule has 8 unspecified atom stereocenters. The molecule has 0 aromatic rings. The molecule has 21 heteroatoms. The lowest BCUT2D eigenvalue weighted by Crippen LogP contribution is -2.67. The van der Waals surface area contributed by atoms with Crippen molar-refractivity contribution in [3.8, 4) is 0 Å². The average Bonchev–Trinajstić information content (AvgIpc) is 3.07. The molecular formula is C27H48O21. The zero-order valence-corrected chi connectivity index (χ0v) is 26.4. The van der Waals surface area contributed by atoms with Crippen molar-refractivity contribution in [2.24, 2.45) is 0 Å². The Morgan fingerprint density at radius 3 is 1.15 bits per heavy atom. The van der Waals surface area contributed by atoms with Gasteiger partial charge in [0.2, 0.25) is 0 Å². The lowest BCUT2D eigenvalue weighted by atomic mass is 9.96. The molecule has 4 rings (SSSR count). The molecule has 0 aromatic carbocycles. The number of aliphatic hydroxyl groups excluding tert-OH is 11. The molecule has 4 aliphatic heterocycles. The smallest absolute Gasteiger partial charge is 0.187 e. The van der Waals surface area contributed by atoms with Crippen molar-refractivity contribution < 1.29 is 104 Å². The average molecular weight is 709 g/mol. The molecule has 21 nitrogen and oxygen atoms in total. The summed E-state index contributed by atoms with van der Waals surface area (Å²) in [6.45, 7) is -2.70. The van der Waals surface area contributed by atoms with Crippen LogP contribution in [0.25, 0.3) is 0 Å². The largest absolute Gasteiger partial charge is 0.394 e. The van der Waals surface area contributed by atoms with Crippen LogP contribution in [0.15, 0.2) is 0 Å². The maximum atomic E-state index is 11.2. The van der Waals surface area contributed by atoms with Gasteiger partial charge < -0.3 is 104 Å². The highest BCUT2D eigenvalue weighted by Gasteiger charge is 2.54. The lowest BCUT2D eigenvalue weighted by molar-refractivity contribution is -0.382. The molecule has 0 spiro atoms. The molecule has 0 aliphatic carbocycles. The lowest BCUT2D eigenvalue weighted by Gasteiger charge is -2.48. The van der Waals surface area contributed by atoms with Gasteiger partial charge in [-0.05, 0) is 0 Å². The Morgan fingerprint density at radius 1 is 0.396 bits per heavy atom. The fourth-order valence-electron chi connectivity index (χ4n) is 6.13. The van der Waals surface area contributed by atoms with Crippen molar-refractivity contribution in [2.75, 3.05) is 47.8 Å². The molecule has 0 aromatic heterocycles. The summed E-state index contributed by atoms with van der Waals surface area (Å²) in [7, 11) is 3.59. The maximum absolute atomic E-state index is 11.2. The zero-order chi connectivity index (χ0) is 35.4. The summed E-state index contributed by atoms with van der Waals surface area (Å²) < 4.78 is 54.5. The van der Waals surface area contributed by atoms with Gasteiger partial charge in [0.1, 0.15) is 97.7 Å². The van der Waals surface area contributed by atoms with Crippen LogP contribution < -0.4 is 0 Å². The van der Waals surface area contributed by atoms with E-state index in [1.807, 2.05) is 0 Å². The Bertz CT molecular complexity index is 966. The Morgan fingerprint density at radius 2 is 0.729 bits per heavy atom. The van der Waals surface area contributed by atoms with E-state index in [1.54, 1.807) is 0 Å². The standard InChI is InChI=1S/C27H48O21/c1-39-20-12(31)8(4-28)43-25(16(20)35)42-7-11-15(34)23(18(37)24(41-3)46-11)48-27-19(38)22(14(33)10(6-30)45-27)47-26-17(36)21(40-2)13(32)9(5-29)44-26/h8-38H,4-7H2,1-3H3/t8?,9?,10?,11?,12-,13-,14-,15-,16?,17?,18?,19?,20+,21+,22+,23+,24-,25-,26+,27+/m1/s1. The number of ether oxygens (including phenoxy) is 10. The first-order valence-corrected chi connectivity index (χ1v) is 15.3. The predicted octanol–water partition coefficient (Wildman–Crippen LogP) is -7.79. The van der Waals surface area contributed by atoms with Crippen LogP contribution in [0.2, 0.25) is 0 Å². The third-order valence-corrected chi connectivity index (χ3v) is 8.89. The van der Waals surface area contributed by atoms with Crippen molar-refractivity contribution in [1.29, 1.82) is 0 Å². The number of rotatable bonds is 13. The summed E-state index contributed by atoms with van der Waals surface area (Å²) in [4.78, 5) is 0. The van der Waals surface area contributed by atoms with Crippen molar-refractivity contribution in [3.63, 3.8) is 0 Å². The van der Waals surface area contributed by atoms with E-state index < -0.39 is 149 Å². The summed E-state index contributed by atoms with van der Waals surface area (Å²) in [6, 6.07) is 0. The minimum Gasteiger partial charge on any atom is -0.394 e. The molecular weight excluding hydrogens is 660 g/mol. The first-order valence-electron chi connectivity index (χ1n) is 15.3. The van der Waals surface area contributed by atoms with Gasteiger partial charge in [0.05, 0.1) is 26.4 Å². The first-order chi connectivity index (χ1) is 22.9. The van der Waals surface area contributed by atoms with Gasteiger partial charge in [-0.15, -0.1) is 0 Å². The van der Waals surface area contributed by atoms with Gasteiger partial charge in [-0.25, -0.2) is 0 Å². The summed E-state index contributed by atoms with van der Waals surface area (Å²) in [5.74, 6) is 0. The van der Waals surface area contributed by atoms with E-state index >= 15 is 0 Å². The fourth-order valence-corrected chi connectivity index (χ4v) is 6.13. The number of aliphatic hydroxyl groups is 11. The number of hydrogen-bond acceptors (Lipinski definition) is 21. The molecule has 48 heavy (non-hydrogen) atoms. The normalized spacial score (nSPS) is 50.4. The van der Waals surface area contributed by atoms with Gasteiger partial charge in [0.15, 0.2) is 25.2 Å². The second-order valence-electron chi connectivity index (χ2n) is 11.8. The minimum atomic E-state index is -1.93. The van der Waals surface area contributed by atoms with Gasteiger partial charge in [-0.2, -0.15) is 0 Å². The molecule has 282 valence electrons. The molecule has 4 aliphatic rings. The van der Waals surface area contributed by atoms with E-state index in [9.17, 15) is 56.2 Å². The van der Waals surface area contributed by atoms with E-state index in [-0.39, 0.29) is 0 Å². The summed E-state index contributed by atoms with van der Waals surface area (Å²) in [6.07, 6.45) is -30.8. The van der Waals surface area contributed by atoms with Crippen molar-refractivity contribution >= 4 is 0 Å². The second kappa shape index (κ2) is 17.6. The van der Waals surface area contributed by atoms with Crippen LogP contribution in [-0.4, -0.2) is 227 Å². The molecule has 4 fully saturated rings. The third-order valence-electron chi connectivity index (χ3n) is 8.89. The summed E-state index contributed by atoms with van der Waals surface area (Å²) >= 11 is 0. The monoisotopic (exact) mass is 708 g/mol. The van der Waals surface area contributed by atoms with E-state index in [2.05, 4.69) is 0 Å². The van der Waals surface area contributed by atoms with E-state index in [4.69, 9.17) is 47.4 Å². The van der Waals surface area contributed by atoms with Crippen LogP contribution in [0.5, 0.6) is 0 Å². The SMILES string of the molecule is CO[C@@H]1OC(CO[C@@H]2OC(CO)[C@@H](O)[C@H](OC)C2O)[C@@H](O)[C@H](O[C@@H]2OC(CO)[C@@H](O)[C@H](O[C@@H]3OC(CO)[C@@H](O)[C@H](OC)C3O)C2O)C1O. The van der Waals surface area contributed by atoms with E-state index in [0.29, 0.717) is 0 Å². The van der Waals surface area contributed by atoms with Gasteiger partial charge in [0.25, 0.3) is 0 Å². The molecule has 0 radical (unpaired) electrons. The Kier molecular flexibility index (Phi) is 14.6. The zero-order valence-electron chi connectivity index (χ0n) is 26.4. The second-order valence-corrected chi connectivity index (χ2v) is 11.8. The van der Waals surface area contributed by atoms with Crippen LogP contribution in [0.4, 0.5) is 0 Å². The number of methoxy groups -OCH3 is 3. The predicted molar refractivity (Wildman–Crippen MR) is 148 cm³/mol. The molecule has 0 amide bonds. The Labute approximate surface area is 274 Å². The van der Waals surface area contributed by atoms with Crippen molar-refractivity contribution in [2.45, 2.75) is 123 Å². The van der Waals surface area contributed by atoms with Gasteiger partial charge >= 0.3 is 0 Å². The number of hydrogen-bond donors (Lipinski definition) is 11. The van der Waals surface area contributed by atoms with Crippen LogP contribution in [0.1, 0.15) is 0 Å². The molecule has 11 N–H and O–H groups in total. The van der Waals surface area contributed by atoms with Gasteiger partial charge in [-0.1, -0.05) is 0 Å². The summed E-state index contributed by atoms with van der Waals surface area (Å²) in [5.41, 5.74) is 0. The van der Waals surface area contributed by atoms with Crippen LogP contribution in [0, 0.1) is 0 Å².